The van der Waals surface area contributed by atoms with Gasteiger partial charge in [0.1, 0.15) is 0 Å². The molecular weight excluding hydrogens is 392 g/mol. The summed E-state index contributed by atoms with van der Waals surface area (Å²) in [5.74, 6) is 1.91. The molecule has 7 heteroatoms. The minimum absolute atomic E-state index is 0.599. The van der Waals surface area contributed by atoms with Crippen LogP contribution in [0.4, 0.5) is 0 Å². The molecule has 0 aliphatic heterocycles. The summed E-state index contributed by atoms with van der Waals surface area (Å²) in [5.41, 5.74) is 3.14. The van der Waals surface area contributed by atoms with Gasteiger partial charge in [0.15, 0.2) is 11.5 Å². The predicted octanol–water partition coefficient (Wildman–Crippen LogP) is 3.29. The predicted molar refractivity (Wildman–Crippen MR) is 120 cm³/mol. The van der Waals surface area contributed by atoms with Crippen LogP contribution < -0.4 is 19.5 Å². The van der Waals surface area contributed by atoms with Crippen LogP contribution in [-0.4, -0.2) is 49.3 Å². The lowest BCUT2D eigenvalue weighted by Gasteiger charge is -2.23. The Morgan fingerprint density at radius 2 is 1.45 bits per heavy atom. The van der Waals surface area contributed by atoms with Crippen molar-refractivity contribution < 1.29 is 14.2 Å². The van der Waals surface area contributed by atoms with E-state index in [0.29, 0.717) is 17.2 Å². The van der Waals surface area contributed by atoms with Gasteiger partial charge in [0.05, 0.1) is 32.7 Å². The van der Waals surface area contributed by atoms with E-state index in [-0.39, 0.29) is 0 Å². The molecule has 1 aromatic carbocycles. The first-order valence-electron chi connectivity index (χ1n) is 10.2. The van der Waals surface area contributed by atoms with E-state index in [2.05, 4.69) is 20.2 Å². The molecule has 0 bridgehead atoms. The minimum Gasteiger partial charge on any atom is -0.493 e. The Labute approximate surface area is 184 Å². The summed E-state index contributed by atoms with van der Waals surface area (Å²) in [4.78, 5) is 11.2. The minimum atomic E-state index is 0.599. The molecule has 2 heterocycles. The van der Waals surface area contributed by atoms with Gasteiger partial charge >= 0.3 is 0 Å². The summed E-state index contributed by atoms with van der Waals surface area (Å²) < 4.78 is 16.5. The number of ether oxygens (including phenoxy) is 3. The van der Waals surface area contributed by atoms with Crippen LogP contribution in [0.2, 0.25) is 0 Å². The molecule has 0 saturated carbocycles. The lowest BCUT2D eigenvalue weighted by Crippen LogP contribution is -2.31. The lowest BCUT2D eigenvalue weighted by molar-refractivity contribution is 0.251. The number of methoxy groups -OCH3 is 3. The van der Waals surface area contributed by atoms with E-state index in [0.717, 1.165) is 49.7 Å². The van der Waals surface area contributed by atoms with Gasteiger partial charge in [-0.05, 0) is 42.0 Å². The van der Waals surface area contributed by atoms with E-state index >= 15 is 0 Å². The molecule has 0 aliphatic carbocycles. The number of nitrogens with one attached hydrogen (secondary N) is 1. The van der Waals surface area contributed by atoms with Crippen molar-refractivity contribution >= 4 is 0 Å². The second-order valence-electron chi connectivity index (χ2n) is 7.06. The zero-order valence-electron chi connectivity index (χ0n) is 18.4. The Balaban J connectivity index is 1.70. The van der Waals surface area contributed by atoms with Gasteiger partial charge in [-0.3, -0.25) is 14.9 Å². The fraction of sp³-hybridized carbons (Fsp3) is 0.333. The normalized spacial score (nSPS) is 10.8. The molecule has 0 atom stereocenters. The highest BCUT2D eigenvalue weighted by Gasteiger charge is 2.15. The quantitative estimate of drug-likeness (QED) is 0.449. The van der Waals surface area contributed by atoms with Crippen molar-refractivity contribution in [2.75, 3.05) is 34.4 Å². The molecule has 31 heavy (non-hydrogen) atoms. The summed E-state index contributed by atoms with van der Waals surface area (Å²) in [6.45, 7) is 3.87. The second-order valence-corrected chi connectivity index (χ2v) is 7.06. The molecule has 0 radical (unpaired) electrons. The molecule has 164 valence electrons. The van der Waals surface area contributed by atoms with Gasteiger partial charge in [-0.25, -0.2) is 0 Å². The van der Waals surface area contributed by atoms with Gasteiger partial charge in [-0.15, -0.1) is 0 Å². The van der Waals surface area contributed by atoms with E-state index in [1.54, 1.807) is 21.3 Å². The molecule has 1 N–H and O–H groups in total. The molecule has 3 rings (SSSR count). The third-order valence-electron chi connectivity index (χ3n) is 4.88. The van der Waals surface area contributed by atoms with Gasteiger partial charge in [0.2, 0.25) is 5.75 Å². The van der Waals surface area contributed by atoms with Crippen molar-refractivity contribution in [3.05, 3.63) is 77.9 Å². The highest BCUT2D eigenvalue weighted by Crippen LogP contribution is 2.38. The smallest absolute Gasteiger partial charge is 0.203 e. The van der Waals surface area contributed by atoms with Crippen molar-refractivity contribution in [3.63, 3.8) is 0 Å². The zero-order valence-corrected chi connectivity index (χ0v) is 18.4. The fourth-order valence-electron chi connectivity index (χ4n) is 3.38. The summed E-state index contributed by atoms with van der Waals surface area (Å²) in [6.07, 6.45) is 3.64. The molecule has 2 aromatic heterocycles. The van der Waals surface area contributed by atoms with Gasteiger partial charge in [0, 0.05) is 45.1 Å². The van der Waals surface area contributed by atoms with Crippen molar-refractivity contribution in [2.45, 2.75) is 19.6 Å². The Morgan fingerprint density at radius 1 is 0.806 bits per heavy atom. The van der Waals surface area contributed by atoms with Gasteiger partial charge < -0.3 is 19.5 Å². The monoisotopic (exact) mass is 422 g/mol. The summed E-state index contributed by atoms with van der Waals surface area (Å²) in [7, 11) is 4.88. The number of hydrogen-bond acceptors (Lipinski definition) is 7. The average Bonchev–Trinajstić information content (AvgIpc) is 2.82. The molecule has 0 fully saturated rings. The van der Waals surface area contributed by atoms with E-state index in [4.69, 9.17) is 14.2 Å². The van der Waals surface area contributed by atoms with Crippen LogP contribution in [0.5, 0.6) is 17.2 Å². The second kappa shape index (κ2) is 11.9. The third kappa shape index (κ3) is 6.67. The number of aromatic nitrogens is 2. The maximum atomic E-state index is 5.51. The zero-order chi connectivity index (χ0) is 21.9. The van der Waals surface area contributed by atoms with Gasteiger partial charge in [0.25, 0.3) is 0 Å². The molecule has 0 unspecified atom stereocenters. The molecule has 3 aromatic rings. The van der Waals surface area contributed by atoms with E-state index in [1.807, 2.05) is 60.9 Å². The first kappa shape index (κ1) is 22.5. The van der Waals surface area contributed by atoms with E-state index < -0.39 is 0 Å². The first-order valence-corrected chi connectivity index (χ1v) is 10.2. The van der Waals surface area contributed by atoms with E-state index in [1.165, 1.54) is 0 Å². The first-order chi connectivity index (χ1) is 15.2. The number of hydrogen-bond donors (Lipinski definition) is 1. The van der Waals surface area contributed by atoms with Gasteiger partial charge in [-0.2, -0.15) is 0 Å². The molecule has 0 amide bonds. The summed E-state index contributed by atoms with van der Waals surface area (Å²) in [5, 5.41) is 3.47. The van der Waals surface area contributed by atoms with Crippen molar-refractivity contribution in [1.29, 1.82) is 0 Å². The standard InChI is InChI=1S/C24H30N4O3/c1-29-22-14-19(15-23(30-2)24(22)31-3)17-28(18-21-9-5-7-11-27-21)13-12-25-16-20-8-4-6-10-26-20/h4-11,14-15,25H,12-13,16-18H2,1-3H3. The van der Waals surface area contributed by atoms with Crippen LogP contribution in [0.1, 0.15) is 17.0 Å². The fourth-order valence-corrected chi connectivity index (χ4v) is 3.38. The van der Waals surface area contributed by atoms with Crippen molar-refractivity contribution in [1.82, 2.24) is 20.2 Å². The molecule has 0 aliphatic rings. The Morgan fingerprint density at radius 3 is 2.00 bits per heavy atom. The Bertz CT molecular complexity index is 898. The summed E-state index contributed by atoms with van der Waals surface area (Å²) >= 11 is 0. The molecular formula is C24H30N4O3. The SMILES string of the molecule is COc1cc(CN(CCNCc2ccccn2)Cc2ccccn2)cc(OC)c1OC. The van der Waals surface area contributed by atoms with Crippen molar-refractivity contribution in [3.8, 4) is 17.2 Å². The number of pyridine rings is 2. The third-order valence-corrected chi connectivity index (χ3v) is 4.88. The van der Waals surface area contributed by atoms with Crippen LogP contribution in [0, 0.1) is 0 Å². The van der Waals surface area contributed by atoms with Crippen LogP contribution in [0.25, 0.3) is 0 Å². The molecule has 0 spiro atoms. The average molecular weight is 423 g/mol. The van der Waals surface area contributed by atoms with Crippen LogP contribution in [0.15, 0.2) is 60.9 Å². The molecule has 0 saturated heterocycles. The highest BCUT2D eigenvalue weighted by molar-refractivity contribution is 5.53. The Kier molecular flexibility index (Phi) is 8.63. The Hall–Kier alpha value is -3.16. The van der Waals surface area contributed by atoms with E-state index in [9.17, 15) is 0 Å². The van der Waals surface area contributed by atoms with Crippen LogP contribution in [0.3, 0.4) is 0 Å². The van der Waals surface area contributed by atoms with Crippen molar-refractivity contribution in [2.24, 2.45) is 0 Å². The topological polar surface area (TPSA) is 68.7 Å². The maximum Gasteiger partial charge on any atom is 0.203 e. The largest absolute Gasteiger partial charge is 0.493 e. The number of nitrogens with zero attached hydrogens (tertiary/aromatic N) is 3. The molecule has 7 nitrogen and oxygen atoms in total. The lowest BCUT2D eigenvalue weighted by atomic mass is 10.1. The van der Waals surface area contributed by atoms with Crippen LogP contribution in [-0.2, 0) is 19.6 Å². The highest BCUT2D eigenvalue weighted by atomic mass is 16.5. The number of rotatable bonds is 12. The maximum absolute atomic E-state index is 5.51. The number of benzene rings is 1. The van der Waals surface area contributed by atoms with Crippen LogP contribution >= 0.6 is 0 Å². The van der Waals surface area contributed by atoms with Gasteiger partial charge in [-0.1, -0.05) is 12.1 Å². The summed E-state index contributed by atoms with van der Waals surface area (Å²) in [6, 6.07) is 15.9.